The highest BCUT2D eigenvalue weighted by Gasteiger charge is 2.25. The number of nitrogens with one attached hydrogen (secondary N) is 1. The van der Waals surface area contributed by atoms with Gasteiger partial charge in [0, 0.05) is 23.2 Å². The highest BCUT2D eigenvalue weighted by molar-refractivity contribution is 6.01. The molecule has 32 heavy (non-hydrogen) atoms. The lowest BCUT2D eigenvalue weighted by molar-refractivity contribution is -0.143. The van der Waals surface area contributed by atoms with Gasteiger partial charge in [-0.05, 0) is 36.4 Å². The van der Waals surface area contributed by atoms with Crippen molar-refractivity contribution in [2.24, 2.45) is 0 Å². The predicted octanol–water partition coefficient (Wildman–Crippen LogP) is 4.31. The number of hydrogen-bond acceptors (Lipinski definition) is 6. The summed E-state index contributed by atoms with van der Waals surface area (Å²) < 4.78 is 23.5. The summed E-state index contributed by atoms with van der Waals surface area (Å²) in [5, 5.41) is 2.90. The number of ketones is 2. The van der Waals surface area contributed by atoms with Crippen LogP contribution >= 0.6 is 0 Å². The molecule has 0 fully saturated rings. The Hall–Kier alpha value is -4.00. The Kier molecular flexibility index (Phi) is 7.70. The van der Waals surface area contributed by atoms with E-state index in [1.54, 1.807) is 54.6 Å². The normalized spacial score (nSPS) is 11.3. The molecule has 0 aliphatic carbocycles. The zero-order valence-electron chi connectivity index (χ0n) is 17.4. The molecule has 3 aromatic carbocycles. The molecular formula is C25H22FNO5. The fraction of sp³-hybridized carbons (Fsp3) is 0.160. The minimum Gasteiger partial charge on any atom is -0.497 e. The van der Waals surface area contributed by atoms with E-state index < -0.39 is 30.2 Å². The van der Waals surface area contributed by atoms with Crippen molar-refractivity contribution in [3.8, 4) is 5.75 Å². The van der Waals surface area contributed by atoms with Crippen LogP contribution in [0.15, 0.2) is 78.9 Å². The number of carbonyl (C=O) groups is 3. The molecular weight excluding hydrogens is 413 g/mol. The highest BCUT2D eigenvalue weighted by Crippen LogP contribution is 2.16. The van der Waals surface area contributed by atoms with Crippen molar-refractivity contribution in [1.82, 2.24) is 0 Å². The van der Waals surface area contributed by atoms with Gasteiger partial charge < -0.3 is 14.8 Å². The average Bonchev–Trinajstić information content (AvgIpc) is 2.83. The monoisotopic (exact) mass is 435 g/mol. The SMILES string of the molecule is COc1cccc(C(=O)COC(=O)[C@@H](CC(=O)c2ccccc2)Nc2ccc(F)cc2)c1. The molecule has 0 saturated carbocycles. The number of halogens is 1. The maximum atomic E-state index is 13.2. The quantitative estimate of drug-likeness (QED) is 0.377. The number of esters is 1. The second-order valence-electron chi connectivity index (χ2n) is 6.96. The fourth-order valence-electron chi connectivity index (χ4n) is 2.98. The van der Waals surface area contributed by atoms with E-state index in [0.29, 0.717) is 22.6 Å². The predicted molar refractivity (Wildman–Crippen MR) is 117 cm³/mol. The van der Waals surface area contributed by atoms with Crippen LogP contribution in [0.3, 0.4) is 0 Å². The Labute approximate surface area is 185 Å². The third-order valence-electron chi connectivity index (χ3n) is 4.69. The number of anilines is 1. The molecule has 0 bridgehead atoms. The zero-order chi connectivity index (χ0) is 22.9. The van der Waals surface area contributed by atoms with Crippen molar-refractivity contribution in [3.63, 3.8) is 0 Å². The van der Waals surface area contributed by atoms with Gasteiger partial charge in [-0.25, -0.2) is 9.18 Å². The Morgan fingerprint density at radius 3 is 2.25 bits per heavy atom. The molecule has 0 aromatic heterocycles. The zero-order valence-corrected chi connectivity index (χ0v) is 17.4. The van der Waals surface area contributed by atoms with Gasteiger partial charge in [0.05, 0.1) is 7.11 Å². The number of ether oxygens (including phenoxy) is 2. The lowest BCUT2D eigenvalue weighted by atomic mass is 10.0. The first kappa shape index (κ1) is 22.7. The summed E-state index contributed by atoms with van der Waals surface area (Å²) in [7, 11) is 1.49. The van der Waals surface area contributed by atoms with E-state index in [0.717, 1.165) is 0 Å². The van der Waals surface area contributed by atoms with E-state index in [2.05, 4.69) is 5.32 Å². The molecule has 164 valence electrons. The summed E-state index contributed by atoms with van der Waals surface area (Å²) in [5.41, 5.74) is 1.22. The highest BCUT2D eigenvalue weighted by atomic mass is 19.1. The van der Waals surface area contributed by atoms with Crippen LogP contribution in [0.1, 0.15) is 27.1 Å². The topological polar surface area (TPSA) is 81.7 Å². The number of rotatable bonds is 10. The first-order valence-corrected chi connectivity index (χ1v) is 9.90. The van der Waals surface area contributed by atoms with Crippen LogP contribution in [0.4, 0.5) is 10.1 Å². The van der Waals surface area contributed by atoms with Crippen molar-refractivity contribution in [2.75, 3.05) is 19.0 Å². The van der Waals surface area contributed by atoms with Crippen LogP contribution in [-0.4, -0.2) is 37.3 Å². The second-order valence-corrected chi connectivity index (χ2v) is 6.96. The summed E-state index contributed by atoms with van der Waals surface area (Å²) in [4.78, 5) is 37.8. The van der Waals surface area contributed by atoms with E-state index in [1.807, 2.05) is 0 Å². The van der Waals surface area contributed by atoms with Gasteiger partial charge in [0.1, 0.15) is 17.6 Å². The van der Waals surface area contributed by atoms with Gasteiger partial charge in [-0.3, -0.25) is 9.59 Å². The third kappa shape index (κ3) is 6.25. The fourth-order valence-corrected chi connectivity index (χ4v) is 2.98. The number of methoxy groups -OCH3 is 1. The Morgan fingerprint density at radius 2 is 1.56 bits per heavy atom. The molecule has 1 N–H and O–H groups in total. The van der Waals surface area contributed by atoms with Gasteiger partial charge in [-0.1, -0.05) is 42.5 Å². The van der Waals surface area contributed by atoms with E-state index >= 15 is 0 Å². The van der Waals surface area contributed by atoms with Crippen molar-refractivity contribution in [2.45, 2.75) is 12.5 Å². The van der Waals surface area contributed by atoms with Crippen molar-refractivity contribution >= 4 is 23.2 Å². The molecule has 6 nitrogen and oxygen atoms in total. The molecule has 3 rings (SSSR count). The van der Waals surface area contributed by atoms with Crippen LogP contribution < -0.4 is 10.1 Å². The van der Waals surface area contributed by atoms with Crippen molar-refractivity contribution in [3.05, 3.63) is 95.8 Å². The summed E-state index contributed by atoms with van der Waals surface area (Å²) in [5.74, 6) is -1.38. The van der Waals surface area contributed by atoms with Gasteiger partial charge in [-0.2, -0.15) is 0 Å². The summed E-state index contributed by atoms with van der Waals surface area (Å²) >= 11 is 0. The lowest BCUT2D eigenvalue weighted by Gasteiger charge is -2.18. The van der Waals surface area contributed by atoms with Crippen molar-refractivity contribution in [1.29, 1.82) is 0 Å². The van der Waals surface area contributed by atoms with Crippen LogP contribution in [0.2, 0.25) is 0 Å². The molecule has 3 aromatic rings. The van der Waals surface area contributed by atoms with Crippen LogP contribution in [0.25, 0.3) is 0 Å². The largest absolute Gasteiger partial charge is 0.497 e. The second kappa shape index (κ2) is 10.9. The molecule has 0 saturated heterocycles. The van der Waals surface area contributed by atoms with Gasteiger partial charge in [0.15, 0.2) is 18.2 Å². The molecule has 7 heteroatoms. The molecule has 0 amide bonds. The third-order valence-corrected chi connectivity index (χ3v) is 4.69. The minimum absolute atomic E-state index is 0.201. The van der Waals surface area contributed by atoms with Gasteiger partial charge in [0.2, 0.25) is 0 Å². The first-order chi connectivity index (χ1) is 15.5. The van der Waals surface area contributed by atoms with Gasteiger partial charge in [0.25, 0.3) is 0 Å². The smallest absolute Gasteiger partial charge is 0.329 e. The molecule has 1 atom stereocenters. The number of Topliss-reactive ketones (excluding diaryl/α,β-unsaturated/α-hetero) is 2. The Bertz CT molecular complexity index is 1080. The summed E-state index contributed by atoms with van der Waals surface area (Å²) in [6, 6.07) is 19.3. The van der Waals surface area contributed by atoms with E-state index in [1.165, 1.54) is 31.4 Å². The average molecular weight is 435 g/mol. The first-order valence-electron chi connectivity index (χ1n) is 9.90. The van der Waals surface area contributed by atoms with Crippen LogP contribution in [0.5, 0.6) is 5.75 Å². The maximum absolute atomic E-state index is 13.2. The van der Waals surface area contributed by atoms with Crippen molar-refractivity contribution < 1.29 is 28.2 Å². The molecule has 0 unspecified atom stereocenters. The minimum atomic E-state index is -1.06. The lowest BCUT2D eigenvalue weighted by Crippen LogP contribution is -2.34. The Balaban J connectivity index is 1.70. The standard InChI is InChI=1S/C25H22FNO5/c1-31-21-9-5-8-18(14-21)24(29)16-32-25(30)22(27-20-12-10-19(26)11-13-20)15-23(28)17-6-3-2-4-7-17/h2-14,22,27H,15-16H2,1H3/t22-/m1/s1. The molecule has 0 heterocycles. The van der Waals surface area contributed by atoms with E-state index in [9.17, 15) is 18.8 Å². The number of benzene rings is 3. The maximum Gasteiger partial charge on any atom is 0.329 e. The number of carbonyl (C=O) groups excluding carboxylic acids is 3. The molecule has 0 radical (unpaired) electrons. The van der Waals surface area contributed by atoms with Crippen LogP contribution in [0, 0.1) is 5.82 Å². The molecule has 0 aliphatic heterocycles. The number of hydrogen-bond donors (Lipinski definition) is 1. The van der Waals surface area contributed by atoms with Gasteiger partial charge >= 0.3 is 5.97 Å². The molecule has 0 aliphatic rings. The summed E-state index contributed by atoms with van der Waals surface area (Å²) in [6.45, 7) is -0.493. The van der Waals surface area contributed by atoms with E-state index in [4.69, 9.17) is 9.47 Å². The molecule has 0 spiro atoms. The van der Waals surface area contributed by atoms with E-state index in [-0.39, 0.29) is 12.2 Å². The Morgan fingerprint density at radius 1 is 0.875 bits per heavy atom. The van der Waals surface area contributed by atoms with Crippen LogP contribution in [-0.2, 0) is 9.53 Å². The summed E-state index contributed by atoms with van der Waals surface area (Å²) in [6.07, 6.45) is -0.201. The van der Waals surface area contributed by atoms with Gasteiger partial charge in [-0.15, -0.1) is 0 Å².